The summed E-state index contributed by atoms with van der Waals surface area (Å²) in [5, 5.41) is 10.6. The van der Waals surface area contributed by atoms with Gasteiger partial charge in [0.1, 0.15) is 6.54 Å². The van der Waals surface area contributed by atoms with Gasteiger partial charge in [-0.2, -0.15) is 0 Å². The van der Waals surface area contributed by atoms with E-state index in [4.69, 9.17) is 4.74 Å². The summed E-state index contributed by atoms with van der Waals surface area (Å²) in [7, 11) is 0. The van der Waals surface area contributed by atoms with Crippen LogP contribution in [-0.2, 0) is 19.1 Å². The first-order valence-corrected chi connectivity index (χ1v) is 8.83. The number of nitro benzene ring substituents is 1. The molecule has 1 aromatic rings. The molecule has 2 aliphatic carbocycles. The van der Waals surface area contributed by atoms with Crippen molar-refractivity contribution in [2.75, 3.05) is 13.2 Å². The summed E-state index contributed by atoms with van der Waals surface area (Å²) in [4.78, 5) is 60.1. The zero-order valence-electron chi connectivity index (χ0n) is 14.6. The molecule has 9 nitrogen and oxygen atoms in total. The van der Waals surface area contributed by atoms with Gasteiger partial charge in [-0.3, -0.25) is 34.2 Å². The van der Waals surface area contributed by atoms with Crippen LogP contribution in [0.15, 0.2) is 36.4 Å². The Labute approximate surface area is 159 Å². The maximum absolute atomic E-state index is 12.5. The highest BCUT2D eigenvalue weighted by atomic mass is 16.6. The fraction of sp³-hybridized carbons (Fsp3) is 0.368. The van der Waals surface area contributed by atoms with Crippen LogP contribution >= 0.6 is 0 Å². The van der Waals surface area contributed by atoms with E-state index in [2.05, 4.69) is 0 Å². The van der Waals surface area contributed by atoms with E-state index in [0.717, 1.165) is 11.3 Å². The first kappa shape index (κ1) is 18.0. The molecular formula is C19H16N2O7. The number of imide groups is 1. The summed E-state index contributed by atoms with van der Waals surface area (Å²) >= 11 is 0. The summed E-state index contributed by atoms with van der Waals surface area (Å²) in [6, 6.07) is 4.90. The highest BCUT2D eigenvalue weighted by Crippen LogP contribution is 2.52. The molecule has 144 valence electrons. The zero-order chi connectivity index (χ0) is 20.0. The van der Waals surface area contributed by atoms with Gasteiger partial charge in [-0.15, -0.1) is 0 Å². The van der Waals surface area contributed by atoms with Crippen molar-refractivity contribution in [1.29, 1.82) is 0 Å². The van der Waals surface area contributed by atoms with E-state index in [1.165, 1.54) is 24.3 Å². The second-order valence-electron chi connectivity index (χ2n) is 7.15. The van der Waals surface area contributed by atoms with Gasteiger partial charge < -0.3 is 4.74 Å². The Bertz CT molecular complexity index is 891. The quantitative estimate of drug-likeness (QED) is 0.180. The van der Waals surface area contributed by atoms with E-state index >= 15 is 0 Å². The van der Waals surface area contributed by atoms with E-state index in [1.54, 1.807) is 0 Å². The topological polar surface area (TPSA) is 124 Å². The number of ether oxygens (including phenoxy) is 1. The molecule has 4 rings (SSSR count). The molecule has 4 atom stereocenters. The number of amides is 2. The van der Waals surface area contributed by atoms with Crippen molar-refractivity contribution < 1.29 is 28.8 Å². The lowest BCUT2D eigenvalue weighted by molar-refractivity contribution is -0.384. The second kappa shape index (κ2) is 6.66. The third-order valence-corrected chi connectivity index (χ3v) is 5.61. The standard InChI is InChI=1S/C19H16N2O7/c22-14(10-3-5-13(6-4-10)21(26)27)9-28-15(23)8-20-18(24)16-11-1-2-12(7-11)17(16)19(20)25/h1-6,11-12,16-17H,7-9H2/t11-,12-,16-,17-/m0/s1. The monoisotopic (exact) mass is 384 g/mol. The number of fused-ring (bicyclic) bond motifs is 5. The fourth-order valence-electron chi connectivity index (χ4n) is 4.29. The first-order chi connectivity index (χ1) is 13.4. The Morgan fingerprint density at radius 3 is 2.18 bits per heavy atom. The summed E-state index contributed by atoms with van der Waals surface area (Å²) in [5.74, 6) is -2.78. The number of carbonyl (C=O) groups is 4. The van der Waals surface area contributed by atoms with Crippen molar-refractivity contribution in [1.82, 2.24) is 4.90 Å². The van der Waals surface area contributed by atoms with Gasteiger partial charge in [0.05, 0.1) is 16.8 Å². The zero-order valence-corrected chi connectivity index (χ0v) is 14.6. The first-order valence-electron chi connectivity index (χ1n) is 8.83. The van der Waals surface area contributed by atoms with Crippen LogP contribution in [0.3, 0.4) is 0 Å². The number of Topliss-reactive ketones (excluding diaryl/α,β-unsaturated/α-hetero) is 1. The minimum Gasteiger partial charge on any atom is -0.456 e. The van der Waals surface area contributed by atoms with Crippen molar-refractivity contribution in [3.63, 3.8) is 0 Å². The van der Waals surface area contributed by atoms with Crippen LogP contribution in [0.2, 0.25) is 0 Å². The third-order valence-electron chi connectivity index (χ3n) is 5.61. The molecule has 3 aliphatic rings. The molecule has 1 saturated heterocycles. The second-order valence-corrected chi connectivity index (χ2v) is 7.15. The SMILES string of the molecule is O=C(CN1C(=O)[C@@H]2[C@@H](C1=O)[C@H]1C=C[C@H]2C1)OCC(=O)c1ccc([N+](=O)[O-])cc1. The van der Waals surface area contributed by atoms with Crippen LogP contribution in [0.4, 0.5) is 5.69 Å². The van der Waals surface area contributed by atoms with E-state index in [-0.39, 0.29) is 34.9 Å². The van der Waals surface area contributed by atoms with Crippen molar-refractivity contribution in [3.8, 4) is 0 Å². The maximum Gasteiger partial charge on any atom is 0.326 e. The number of rotatable bonds is 6. The Morgan fingerprint density at radius 1 is 1.07 bits per heavy atom. The largest absolute Gasteiger partial charge is 0.456 e. The fourth-order valence-corrected chi connectivity index (χ4v) is 4.29. The Hall–Kier alpha value is -3.36. The van der Waals surface area contributed by atoms with Crippen LogP contribution in [0.25, 0.3) is 0 Å². The van der Waals surface area contributed by atoms with Crippen LogP contribution < -0.4 is 0 Å². The summed E-state index contributed by atoms with van der Waals surface area (Å²) in [5.41, 5.74) is -0.00230. The van der Waals surface area contributed by atoms with Crippen LogP contribution in [0, 0.1) is 33.8 Å². The molecule has 0 aromatic heterocycles. The average molecular weight is 384 g/mol. The van der Waals surface area contributed by atoms with Crippen molar-refractivity contribution >= 4 is 29.3 Å². The molecule has 0 N–H and O–H groups in total. The van der Waals surface area contributed by atoms with Gasteiger partial charge in [0.25, 0.3) is 5.69 Å². The number of hydrogen-bond donors (Lipinski definition) is 0. The van der Waals surface area contributed by atoms with Gasteiger partial charge in [0, 0.05) is 17.7 Å². The molecule has 1 aromatic carbocycles. The number of ketones is 1. The lowest BCUT2D eigenvalue weighted by atomic mass is 9.85. The highest BCUT2D eigenvalue weighted by molar-refractivity contribution is 6.08. The summed E-state index contributed by atoms with van der Waals surface area (Å²) in [6.45, 7) is -1.09. The van der Waals surface area contributed by atoms with E-state index in [1.807, 2.05) is 12.2 Å². The molecule has 2 fully saturated rings. The number of benzene rings is 1. The molecule has 28 heavy (non-hydrogen) atoms. The number of nitro groups is 1. The average Bonchev–Trinajstić information content (AvgIpc) is 3.36. The molecule has 0 radical (unpaired) electrons. The number of non-ortho nitro benzene ring substituents is 1. The van der Waals surface area contributed by atoms with Gasteiger partial charge >= 0.3 is 5.97 Å². The van der Waals surface area contributed by atoms with Crippen LogP contribution in [0.5, 0.6) is 0 Å². The lowest BCUT2D eigenvalue weighted by Crippen LogP contribution is -2.38. The van der Waals surface area contributed by atoms with Gasteiger partial charge in [0.15, 0.2) is 12.4 Å². The number of hydrogen-bond acceptors (Lipinski definition) is 7. The van der Waals surface area contributed by atoms with E-state index < -0.39 is 41.7 Å². The van der Waals surface area contributed by atoms with E-state index in [9.17, 15) is 29.3 Å². The summed E-state index contributed by atoms with van der Waals surface area (Å²) in [6.07, 6.45) is 4.72. The van der Waals surface area contributed by atoms with Crippen molar-refractivity contribution in [2.45, 2.75) is 6.42 Å². The number of carbonyl (C=O) groups excluding carboxylic acids is 4. The minimum atomic E-state index is -0.850. The Kier molecular flexibility index (Phi) is 4.29. The molecule has 0 spiro atoms. The molecule has 0 unspecified atom stereocenters. The third kappa shape index (κ3) is 2.88. The number of nitrogens with zero attached hydrogens (tertiary/aromatic N) is 2. The van der Waals surface area contributed by atoms with Crippen LogP contribution in [0.1, 0.15) is 16.8 Å². The summed E-state index contributed by atoms with van der Waals surface area (Å²) < 4.78 is 4.90. The van der Waals surface area contributed by atoms with Crippen LogP contribution in [-0.4, -0.2) is 46.5 Å². The Morgan fingerprint density at radius 2 is 1.64 bits per heavy atom. The van der Waals surface area contributed by atoms with Gasteiger partial charge in [0.2, 0.25) is 11.8 Å². The normalized spacial score (nSPS) is 27.2. The van der Waals surface area contributed by atoms with Gasteiger partial charge in [-0.1, -0.05) is 12.2 Å². The minimum absolute atomic E-state index is 0.0520. The Balaban J connectivity index is 1.32. The predicted octanol–water partition coefficient (Wildman–Crippen LogP) is 1.13. The highest BCUT2D eigenvalue weighted by Gasteiger charge is 2.59. The van der Waals surface area contributed by atoms with Crippen molar-refractivity contribution in [2.24, 2.45) is 23.7 Å². The maximum atomic E-state index is 12.5. The van der Waals surface area contributed by atoms with Gasteiger partial charge in [-0.05, 0) is 30.4 Å². The van der Waals surface area contributed by atoms with Gasteiger partial charge in [-0.25, -0.2) is 0 Å². The molecular weight excluding hydrogens is 368 g/mol. The lowest BCUT2D eigenvalue weighted by Gasteiger charge is -2.16. The molecule has 9 heteroatoms. The molecule has 2 bridgehead atoms. The number of likely N-dealkylation sites (tertiary alicyclic amines) is 1. The molecule has 1 saturated carbocycles. The molecule has 2 amide bonds. The smallest absolute Gasteiger partial charge is 0.326 e. The molecule has 1 heterocycles. The van der Waals surface area contributed by atoms with E-state index in [0.29, 0.717) is 0 Å². The molecule has 1 aliphatic heterocycles. The van der Waals surface area contributed by atoms with Crippen molar-refractivity contribution in [3.05, 3.63) is 52.1 Å². The predicted molar refractivity (Wildman–Crippen MR) is 92.8 cm³/mol. The number of allylic oxidation sites excluding steroid dienone is 2. The number of esters is 1.